The molecule has 1 aliphatic carbocycles. The van der Waals surface area contributed by atoms with Crippen LogP contribution in [0.5, 0.6) is 0 Å². The van der Waals surface area contributed by atoms with E-state index < -0.39 is 23.4 Å². The molecule has 1 saturated carbocycles. The second-order valence-electron chi connectivity index (χ2n) is 9.03. The Morgan fingerprint density at radius 1 is 1.03 bits per heavy atom. The number of halogens is 5. The number of nitrogens with one attached hydrogen (secondary N) is 4. The van der Waals surface area contributed by atoms with E-state index >= 15 is 0 Å². The molecular formula is C27H23Cl2F3N4O2. The molecule has 0 spiro atoms. The Morgan fingerprint density at radius 3 is 2.37 bits per heavy atom. The van der Waals surface area contributed by atoms with Crippen molar-refractivity contribution < 1.29 is 22.8 Å². The van der Waals surface area contributed by atoms with Crippen LogP contribution in [0.2, 0.25) is 10.0 Å². The minimum absolute atomic E-state index is 0.0648. The van der Waals surface area contributed by atoms with E-state index in [-0.39, 0.29) is 30.0 Å². The smallest absolute Gasteiger partial charge is 0.355 e. The van der Waals surface area contributed by atoms with Crippen LogP contribution in [-0.2, 0) is 11.3 Å². The third-order valence-electron chi connectivity index (χ3n) is 6.41. The van der Waals surface area contributed by atoms with E-state index in [1.54, 1.807) is 24.3 Å². The molecule has 4 N–H and O–H groups in total. The molecule has 0 atom stereocenters. The van der Waals surface area contributed by atoms with Crippen molar-refractivity contribution in [3.8, 4) is 0 Å². The maximum Gasteiger partial charge on any atom is 0.403 e. The van der Waals surface area contributed by atoms with Crippen LogP contribution in [0.25, 0.3) is 0 Å². The molecule has 198 valence electrons. The lowest BCUT2D eigenvalue weighted by Gasteiger charge is -2.18. The fourth-order valence-electron chi connectivity index (χ4n) is 3.93. The van der Waals surface area contributed by atoms with Crippen LogP contribution in [-0.4, -0.2) is 24.2 Å². The number of rotatable bonds is 8. The first-order chi connectivity index (χ1) is 17.9. The maximum atomic E-state index is 13.2. The van der Waals surface area contributed by atoms with Crippen molar-refractivity contribution in [2.24, 2.45) is 5.41 Å². The van der Waals surface area contributed by atoms with E-state index in [9.17, 15) is 22.8 Å². The number of aryl methyl sites for hydroxylation is 1. The molecule has 0 radical (unpaired) electrons. The quantitative estimate of drug-likeness (QED) is 0.218. The van der Waals surface area contributed by atoms with Gasteiger partial charge in [0.05, 0.1) is 16.3 Å². The highest BCUT2D eigenvalue weighted by Crippen LogP contribution is 2.57. The number of benzene rings is 3. The Morgan fingerprint density at radius 2 is 1.74 bits per heavy atom. The van der Waals surface area contributed by atoms with Crippen molar-refractivity contribution in [1.29, 1.82) is 5.41 Å². The van der Waals surface area contributed by atoms with Gasteiger partial charge in [0.1, 0.15) is 5.41 Å². The first kappa shape index (κ1) is 27.5. The summed E-state index contributed by atoms with van der Waals surface area (Å²) in [7, 11) is 0. The number of alkyl halides is 3. The minimum Gasteiger partial charge on any atom is -0.355 e. The fourth-order valence-corrected chi connectivity index (χ4v) is 4.31. The molecule has 4 rings (SSSR count). The van der Waals surface area contributed by atoms with Gasteiger partial charge in [-0.2, -0.15) is 13.2 Å². The van der Waals surface area contributed by atoms with Crippen molar-refractivity contribution in [3.05, 3.63) is 86.9 Å². The van der Waals surface area contributed by atoms with E-state index in [4.69, 9.17) is 28.6 Å². The fraction of sp³-hybridized carbons (Fsp3) is 0.222. The molecule has 3 aromatic rings. The zero-order valence-corrected chi connectivity index (χ0v) is 21.6. The molecule has 3 aromatic carbocycles. The molecule has 38 heavy (non-hydrogen) atoms. The standard InChI is InChI=1S/C27H23Cl2F3N4O2/c1-15-5-7-17(12-21(15)29)35-22-3-2-4-23(19(22)13-33)36-24(37)18-11-16(6-8-20(18)28)14-34-25(38)26(9-10-26)27(30,31)32/h2-8,11-13,33,35H,9-10,14H2,1H3,(H,34,38)(H,36,37). The second kappa shape index (κ2) is 10.7. The van der Waals surface area contributed by atoms with Gasteiger partial charge < -0.3 is 21.4 Å². The summed E-state index contributed by atoms with van der Waals surface area (Å²) in [5.74, 6) is -1.67. The van der Waals surface area contributed by atoms with Gasteiger partial charge in [0.2, 0.25) is 5.91 Å². The van der Waals surface area contributed by atoms with Gasteiger partial charge in [0.15, 0.2) is 0 Å². The number of amides is 2. The largest absolute Gasteiger partial charge is 0.403 e. The monoisotopic (exact) mass is 562 g/mol. The van der Waals surface area contributed by atoms with E-state index in [1.807, 2.05) is 19.1 Å². The molecule has 11 heteroatoms. The van der Waals surface area contributed by atoms with Gasteiger partial charge in [-0.05, 0) is 67.3 Å². The lowest BCUT2D eigenvalue weighted by atomic mass is 10.1. The maximum absolute atomic E-state index is 13.2. The predicted molar refractivity (Wildman–Crippen MR) is 143 cm³/mol. The van der Waals surface area contributed by atoms with Crippen molar-refractivity contribution in [2.75, 3.05) is 10.6 Å². The first-order valence-electron chi connectivity index (χ1n) is 11.6. The van der Waals surface area contributed by atoms with E-state index in [0.717, 1.165) is 11.8 Å². The molecule has 0 bridgehead atoms. The number of hydrogen-bond acceptors (Lipinski definition) is 4. The summed E-state index contributed by atoms with van der Waals surface area (Å²) in [6.07, 6.45) is -3.99. The third-order valence-corrected chi connectivity index (χ3v) is 7.14. The highest BCUT2D eigenvalue weighted by molar-refractivity contribution is 6.34. The molecule has 6 nitrogen and oxygen atoms in total. The predicted octanol–water partition coefficient (Wildman–Crippen LogP) is 7.25. The van der Waals surface area contributed by atoms with Gasteiger partial charge >= 0.3 is 6.18 Å². The molecule has 0 unspecified atom stereocenters. The lowest BCUT2D eigenvalue weighted by Crippen LogP contribution is -2.40. The van der Waals surface area contributed by atoms with Crippen LogP contribution in [0.1, 0.15) is 39.9 Å². The average molecular weight is 563 g/mol. The van der Waals surface area contributed by atoms with E-state index in [0.29, 0.717) is 33.2 Å². The Balaban J connectivity index is 1.50. The number of carbonyl (C=O) groups is 2. The van der Waals surface area contributed by atoms with Gasteiger partial charge in [-0.25, -0.2) is 0 Å². The van der Waals surface area contributed by atoms with Crippen LogP contribution in [0, 0.1) is 17.7 Å². The Bertz CT molecular complexity index is 1420. The molecular weight excluding hydrogens is 540 g/mol. The molecule has 1 aliphatic rings. The Labute approximate surface area is 227 Å². The zero-order chi connectivity index (χ0) is 27.7. The zero-order valence-electron chi connectivity index (χ0n) is 20.1. The van der Waals surface area contributed by atoms with Crippen molar-refractivity contribution in [2.45, 2.75) is 32.5 Å². The highest BCUT2D eigenvalue weighted by Gasteiger charge is 2.68. The summed E-state index contributed by atoms with van der Waals surface area (Å²) in [4.78, 5) is 25.3. The summed E-state index contributed by atoms with van der Waals surface area (Å²) in [6, 6.07) is 14.9. The molecule has 1 fully saturated rings. The van der Waals surface area contributed by atoms with Gasteiger partial charge in [-0.15, -0.1) is 0 Å². The molecule has 0 aromatic heterocycles. The first-order valence-corrected chi connectivity index (χ1v) is 12.3. The number of carbonyl (C=O) groups excluding carboxylic acids is 2. The van der Waals surface area contributed by atoms with Crippen LogP contribution in [0.15, 0.2) is 54.6 Å². The molecule has 0 aliphatic heterocycles. The summed E-state index contributed by atoms with van der Waals surface area (Å²) in [6.45, 7) is 1.68. The Hall–Kier alpha value is -3.56. The van der Waals surface area contributed by atoms with Crippen molar-refractivity contribution in [1.82, 2.24) is 5.32 Å². The molecule has 0 heterocycles. The van der Waals surface area contributed by atoms with Crippen molar-refractivity contribution in [3.63, 3.8) is 0 Å². The van der Waals surface area contributed by atoms with Crippen molar-refractivity contribution >= 4 is 58.3 Å². The van der Waals surface area contributed by atoms with Crippen LogP contribution in [0.3, 0.4) is 0 Å². The summed E-state index contributed by atoms with van der Waals surface area (Å²) in [5, 5.41) is 16.8. The van der Waals surface area contributed by atoms with E-state index in [1.165, 1.54) is 18.2 Å². The summed E-state index contributed by atoms with van der Waals surface area (Å²) >= 11 is 12.4. The van der Waals surface area contributed by atoms with Gasteiger partial charge in [-0.3, -0.25) is 9.59 Å². The number of anilines is 3. The molecule has 0 saturated heterocycles. The Kier molecular flexibility index (Phi) is 7.71. The van der Waals surface area contributed by atoms with Crippen LogP contribution >= 0.6 is 23.2 Å². The lowest BCUT2D eigenvalue weighted by molar-refractivity contribution is -0.192. The summed E-state index contributed by atoms with van der Waals surface area (Å²) in [5.41, 5.74) is 1.05. The summed E-state index contributed by atoms with van der Waals surface area (Å²) < 4.78 is 39.6. The minimum atomic E-state index is -4.61. The van der Waals surface area contributed by atoms with Gasteiger partial charge in [0, 0.05) is 34.7 Å². The van der Waals surface area contributed by atoms with Gasteiger partial charge in [0.25, 0.3) is 5.91 Å². The van der Waals surface area contributed by atoms with Gasteiger partial charge in [-0.1, -0.05) is 41.4 Å². The third kappa shape index (κ3) is 5.63. The normalized spacial score (nSPS) is 13.9. The average Bonchev–Trinajstić information content (AvgIpc) is 3.68. The SMILES string of the molecule is Cc1ccc(Nc2cccc(NC(=O)c3cc(CNC(=O)C4(C(F)(F)F)CC4)ccc3Cl)c2C=N)cc1Cl. The number of hydrogen-bond donors (Lipinski definition) is 4. The highest BCUT2D eigenvalue weighted by atomic mass is 35.5. The topological polar surface area (TPSA) is 94.1 Å². The van der Waals surface area contributed by atoms with Crippen LogP contribution < -0.4 is 16.0 Å². The molecule has 2 amide bonds. The van der Waals surface area contributed by atoms with E-state index in [2.05, 4.69) is 16.0 Å². The second-order valence-corrected chi connectivity index (χ2v) is 9.85. The van der Waals surface area contributed by atoms with Crippen LogP contribution in [0.4, 0.5) is 30.2 Å².